The number of carbonyl (C=O) groups is 1. The molecule has 2 aliphatic heterocycles. The molecule has 0 bridgehead atoms. The first kappa shape index (κ1) is 32.1. The van der Waals surface area contributed by atoms with Gasteiger partial charge in [0.25, 0.3) is 11.2 Å². The fourth-order valence-electron chi connectivity index (χ4n) is 6.27. The van der Waals surface area contributed by atoms with Gasteiger partial charge in [0.15, 0.2) is 4.80 Å². The Kier molecular flexibility index (Phi) is 9.22. The quantitative estimate of drug-likeness (QED) is 0.128. The molecule has 3 aromatic carbocycles. The summed E-state index contributed by atoms with van der Waals surface area (Å²) < 4.78 is 7.53. The topological polar surface area (TPSA) is 107 Å². The van der Waals surface area contributed by atoms with Crippen LogP contribution in [0.15, 0.2) is 88.2 Å². The molecule has 0 saturated carbocycles. The lowest BCUT2D eigenvalue weighted by Crippen LogP contribution is -2.40. The Hall–Kier alpha value is -4.83. The molecular formula is C37H38N4O5S. The van der Waals surface area contributed by atoms with Crippen LogP contribution in [0.1, 0.15) is 74.8 Å². The van der Waals surface area contributed by atoms with Gasteiger partial charge < -0.3 is 9.64 Å². The lowest BCUT2D eigenvalue weighted by Gasteiger charge is -2.33. The second kappa shape index (κ2) is 13.5. The Labute approximate surface area is 277 Å². The van der Waals surface area contributed by atoms with E-state index in [-0.39, 0.29) is 23.4 Å². The van der Waals surface area contributed by atoms with Gasteiger partial charge in [-0.25, -0.2) is 9.79 Å². The van der Waals surface area contributed by atoms with Crippen molar-refractivity contribution in [2.24, 2.45) is 10.9 Å². The van der Waals surface area contributed by atoms with Gasteiger partial charge in [-0.05, 0) is 54.9 Å². The number of carbonyl (C=O) groups excluding carboxylic acids is 1. The molecule has 2 aliphatic rings. The van der Waals surface area contributed by atoms with Crippen molar-refractivity contribution in [3.05, 3.63) is 130 Å². The summed E-state index contributed by atoms with van der Waals surface area (Å²) in [5.41, 5.74) is 4.44. The van der Waals surface area contributed by atoms with Crippen molar-refractivity contribution in [3.63, 3.8) is 0 Å². The number of nitro benzene ring substituents is 1. The minimum Gasteiger partial charge on any atom is -0.463 e. The maximum absolute atomic E-state index is 14.5. The minimum absolute atomic E-state index is 0.0442. The molecule has 242 valence electrons. The average Bonchev–Trinajstić information content (AvgIpc) is 3.38. The third kappa shape index (κ3) is 6.42. The van der Waals surface area contributed by atoms with E-state index in [4.69, 9.17) is 9.73 Å². The SMILES string of the molecule is CCOC(=O)C1=C(c2ccccc2)N=c2s/c(=C/c3cc([N+](=O)[O-])ccc3N3CCC(C)CC3)c(=O)n2[C@@H]1c1ccc(C(C)C)cc1. The number of ether oxygens (including phenoxy) is 1. The summed E-state index contributed by atoms with van der Waals surface area (Å²) >= 11 is 1.21. The largest absolute Gasteiger partial charge is 0.463 e. The van der Waals surface area contributed by atoms with E-state index < -0.39 is 16.9 Å². The first-order valence-electron chi connectivity index (χ1n) is 16.1. The van der Waals surface area contributed by atoms with E-state index in [1.54, 1.807) is 23.6 Å². The molecule has 0 spiro atoms. The highest BCUT2D eigenvalue weighted by molar-refractivity contribution is 7.07. The zero-order valence-electron chi connectivity index (χ0n) is 27.0. The van der Waals surface area contributed by atoms with Gasteiger partial charge in [0.1, 0.15) is 0 Å². The minimum atomic E-state index is -0.794. The molecule has 1 atom stereocenters. The van der Waals surface area contributed by atoms with E-state index in [2.05, 4.69) is 25.7 Å². The van der Waals surface area contributed by atoms with Crippen molar-refractivity contribution >= 4 is 40.5 Å². The maximum Gasteiger partial charge on any atom is 0.338 e. The van der Waals surface area contributed by atoms with Crippen LogP contribution in [0.5, 0.6) is 0 Å². The molecule has 1 fully saturated rings. The highest BCUT2D eigenvalue weighted by Gasteiger charge is 2.35. The second-order valence-corrected chi connectivity index (χ2v) is 13.4. The normalized spacial score (nSPS) is 17.1. The summed E-state index contributed by atoms with van der Waals surface area (Å²) in [7, 11) is 0. The number of aromatic nitrogens is 1. The Morgan fingerprint density at radius 2 is 1.79 bits per heavy atom. The van der Waals surface area contributed by atoms with Crippen LogP contribution in [0.3, 0.4) is 0 Å². The second-order valence-electron chi connectivity index (χ2n) is 12.4. The predicted molar refractivity (Wildman–Crippen MR) is 185 cm³/mol. The van der Waals surface area contributed by atoms with Crippen LogP contribution in [0.4, 0.5) is 11.4 Å². The Bertz CT molecular complexity index is 2020. The number of esters is 1. The number of piperidine rings is 1. The first-order valence-corrected chi connectivity index (χ1v) is 16.9. The molecule has 0 unspecified atom stereocenters. The average molecular weight is 651 g/mol. The molecule has 9 nitrogen and oxygen atoms in total. The van der Waals surface area contributed by atoms with Crippen LogP contribution >= 0.6 is 11.3 Å². The summed E-state index contributed by atoms with van der Waals surface area (Å²) in [6.07, 6.45) is 3.78. The molecule has 6 rings (SSSR count). The lowest BCUT2D eigenvalue weighted by atomic mass is 9.91. The van der Waals surface area contributed by atoms with E-state index in [0.29, 0.717) is 32.4 Å². The van der Waals surface area contributed by atoms with Crippen molar-refractivity contribution in [2.45, 2.75) is 52.5 Å². The van der Waals surface area contributed by atoms with Gasteiger partial charge in [-0.3, -0.25) is 19.5 Å². The van der Waals surface area contributed by atoms with Gasteiger partial charge >= 0.3 is 5.97 Å². The van der Waals surface area contributed by atoms with Crippen LogP contribution in [0.25, 0.3) is 11.8 Å². The number of hydrogen-bond donors (Lipinski definition) is 0. The molecule has 47 heavy (non-hydrogen) atoms. The van der Waals surface area contributed by atoms with E-state index in [1.165, 1.54) is 23.5 Å². The molecule has 0 aliphatic carbocycles. The van der Waals surface area contributed by atoms with Crippen LogP contribution in [0, 0.1) is 16.0 Å². The molecular weight excluding hydrogens is 612 g/mol. The first-order chi connectivity index (χ1) is 22.7. The Morgan fingerprint density at radius 3 is 2.43 bits per heavy atom. The van der Waals surface area contributed by atoms with E-state index >= 15 is 0 Å². The van der Waals surface area contributed by atoms with Gasteiger partial charge in [0.2, 0.25) is 0 Å². The standard InChI is InChI=1S/C37H38N4O5S/c1-5-46-36(43)32-33(26-9-7-6-8-10-26)38-37-40(34(32)27-13-11-25(12-14-27)23(2)3)35(42)31(47-37)22-28-21-29(41(44)45)15-16-30(28)39-19-17-24(4)18-20-39/h6-16,21-24,34H,5,17-20H2,1-4H3/b31-22+/t34-/m1/s1. The van der Waals surface area contributed by atoms with Crippen molar-refractivity contribution in [3.8, 4) is 0 Å². The van der Waals surface area contributed by atoms with Gasteiger partial charge in [0.05, 0.1) is 33.4 Å². The van der Waals surface area contributed by atoms with Crippen molar-refractivity contribution in [2.75, 3.05) is 24.6 Å². The van der Waals surface area contributed by atoms with Crippen LogP contribution in [-0.4, -0.2) is 35.2 Å². The molecule has 3 heterocycles. The lowest BCUT2D eigenvalue weighted by molar-refractivity contribution is -0.384. The van der Waals surface area contributed by atoms with E-state index in [0.717, 1.165) is 48.3 Å². The zero-order chi connectivity index (χ0) is 33.2. The molecule has 10 heteroatoms. The number of hydrogen-bond acceptors (Lipinski definition) is 8. The van der Waals surface area contributed by atoms with Crippen LogP contribution < -0.4 is 19.8 Å². The molecule has 4 aromatic rings. The molecule has 0 amide bonds. The number of non-ortho nitro benzene ring substituents is 1. The van der Waals surface area contributed by atoms with E-state index in [1.807, 2.05) is 54.6 Å². The number of nitrogens with zero attached hydrogens (tertiary/aromatic N) is 4. The summed E-state index contributed by atoms with van der Waals surface area (Å²) in [4.78, 5) is 47.2. The van der Waals surface area contributed by atoms with Gasteiger partial charge in [-0.2, -0.15) is 0 Å². The van der Waals surface area contributed by atoms with Crippen molar-refractivity contribution in [1.29, 1.82) is 0 Å². The number of anilines is 1. The van der Waals surface area contributed by atoms with Crippen molar-refractivity contribution in [1.82, 2.24) is 4.57 Å². The van der Waals surface area contributed by atoms with E-state index in [9.17, 15) is 19.7 Å². The fourth-order valence-corrected chi connectivity index (χ4v) is 7.26. The smallest absolute Gasteiger partial charge is 0.338 e. The van der Waals surface area contributed by atoms with Crippen LogP contribution in [0.2, 0.25) is 0 Å². The molecule has 1 aromatic heterocycles. The third-order valence-corrected chi connectivity index (χ3v) is 9.91. The van der Waals surface area contributed by atoms with Gasteiger partial charge in [-0.1, -0.05) is 86.7 Å². The number of nitro groups is 1. The number of benzene rings is 3. The summed E-state index contributed by atoms with van der Waals surface area (Å²) in [5.74, 6) is 0.374. The molecule has 0 radical (unpaired) electrons. The molecule has 0 N–H and O–H groups in total. The maximum atomic E-state index is 14.5. The zero-order valence-corrected chi connectivity index (χ0v) is 27.8. The highest BCUT2D eigenvalue weighted by Crippen LogP contribution is 2.36. The summed E-state index contributed by atoms with van der Waals surface area (Å²) in [5, 5.41) is 11.8. The summed E-state index contributed by atoms with van der Waals surface area (Å²) in [6.45, 7) is 10.0. The predicted octanol–water partition coefficient (Wildman–Crippen LogP) is 6.20. The number of rotatable bonds is 8. The Morgan fingerprint density at radius 1 is 1.09 bits per heavy atom. The number of fused-ring (bicyclic) bond motifs is 1. The van der Waals surface area contributed by atoms with Gasteiger partial charge in [0, 0.05) is 42.0 Å². The highest BCUT2D eigenvalue weighted by atomic mass is 32.1. The fraction of sp³-hybridized carbons (Fsp3) is 0.324. The van der Waals surface area contributed by atoms with Gasteiger partial charge in [-0.15, -0.1) is 0 Å². The van der Waals surface area contributed by atoms with Crippen molar-refractivity contribution < 1.29 is 14.5 Å². The third-order valence-electron chi connectivity index (χ3n) is 8.93. The monoisotopic (exact) mass is 650 g/mol. The summed E-state index contributed by atoms with van der Waals surface area (Å²) in [6, 6.07) is 21.4. The van der Waals surface area contributed by atoms with Crippen LogP contribution in [-0.2, 0) is 9.53 Å². The Balaban J connectivity index is 1.60. The number of thiazole rings is 1. The molecule has 1 saturated heterocycles.